The molecular weight excluding hydrogens is 338 g/mol. The number of piperazine rings is 1. The maximum Gasteiger partial charge on any atom is 0.254 e. The molecule has 2 amide bonds. The summed E-state index contributed by atoms with van der Waals surface area (Å²) < 4.78 is 0. The number of hydrogen-bond acceptors (Lipinski definition) is 3. The first-order valence-corrected chi connectivity index (χ1v) is 9.92. The quantitative estimate of drug-likeness (QED) is 0.890. The van der Waals surface area contributed by atoms with Crippen LogP contribution in [0.5, 0.6) is 0 Å². The lowest BCUT2D eigenvalue weighted by molar-refractivity contribution is -0.138. The van der Waals surface area contributed by atoms with Crippen LogP contribution in [0.2, 0.25) is 0 Å². The minimum absolute atomic E-state index is 0.0480. The number of hydrogen-bond donors (Lipinski definition) is 1. The van der Waals surface area contributed by atoms with Crippen molar-refractivity contribution in [1.82, 2.24) is 15.1 Å². The Hall–Kier alpha value is -2.40. The van der Waals surface area contributed by atoms with Crippen molar-refractivity contribution in [2.75, 3.05) is 32.7 Å². The van der Waals surface area contributed by atoms with Gasteiger partial charge in [-0.1, -0.05) is 36.4 Å². The lowest BCUT2D eigenvalue weighted by Gasteiger charge is -2.37. The monoisotopic (exact) mass is 365 g/mol. The van der Waals surface area contributed by atoms with E-state index in [-0.39, 0.29) is 17.7 Å². The number of nitrogens with one attached hydrogen (secondary N) is 1. The number of fused-ring (bicyclic) bond motifs is 1. The Balaban J connectivity index is 1.41. The molecule has 2 aromatic carbocycles. The molecule has 5 nitrogen and oxygen atoms in total. The van der Waals surface area contributed by atoms with E-state index in [1.54, 1.807) is 0 Å². The molecule has 2 heterocycles. The first kappa shape index (κ1) is 18.0. The Morgan fingerprint density at radius 3 is 2.48 bits per heavy atom. The highest BCUT2D eigenvalue weighted by molar-refractivity contribution is 6.07. The average molecular weight is 365 g/mol. The lowest BCUT2D eigenvalue weighted by atomic mass is 9.94. The zero-order chi connectivity index (χ0) is 18.8. The molecule has 0 aromatic heterocycles. The molecule has 1 N–H and O–H groups in total. The van der Waals surface area contributed by atoms with Crippen LogP contribution < -0.4 is 5.32 Å². The molecule has 2 aliphatic heterocycles. The molecule has 2 fully saturated rings. The third-order valence-corrected chi connectivity index (χ3v) is 5.83. The summed E-state index contributed by atoms with van der Waals surface area (Å²) in [6.45, 7) is 5.86. The van der Waals surface area contributed by atoms with E-state index in [0.717, 1.165) is 48.8 Å². The fourth-order valence-corrected chi connectivity index (χ4v) is 4.30. The molecule has 5 heteroatoms. The van der Waals surface area contributed by atoms with Gasteiger partial charge in [0.15, 0.2) is 0 Å². The second kappa shape index (κ2) is 7.69. The lowest BCUT2D eigenvalue weighted by Crippen LogP contribution is -2.54. The summed E-state index contributed by atoms with van der Waals surface area (Å²) in [5.41, 5.74) is 0.758. The molecule has 0 bridgehead atoms. The maximum absolute atomic E-state index is 13.1. The smallest absolute Gasteiger partial charge is 0.254 e. The van der Waals surface area contributed by atoms with E-state index < -0.39 is 0 Å². The summed E-state index contributed by atoms with van der Waals surface area (Å²) >= 11 is 0. The largest absolute Gasteiger partial charge is 0.340 e. The van der Waals surface area contributed by atoms with E-state index in [9.17, 15) is 9.59 Å². The zero-order valence-electron chi connectivity index (χ0n) is 15.9. The standard InChI is InChI=1S/C22H27N3O2/c1-16-15-25(14-11-23-16)21(26)18-9-12-24(13-10-18)22(27)20-8-4-6-17-5-2-3-7-19(17)20/h2-8,16,18,23H,9-15H2,1H3. The van der Waals surface area contributed by atoms with Crippen LogP contribution in [0.1, 0.15) is 30.1 Å². The Morgan fingerprint density at radius 2 is 1.70 bits per heavy atom. The summed E-state index contributed by atoms with van der Waals surface area (Å²) in [6, 6.07) is 14.2. The Morgan fingerprint density at radius 1 is 0.963 bits per heavy atom. The highest BCUT2D eigenvalue weighted by Crippen LogP contribution is 2.25. The summed E-state index contributed by atoms with van der Waals surface area (Å²) in [5, 5.41) is 5.46. The molecule has 0 aliphatic carbocycles. The highest BCUT2D eigenvalue weighted by atomic mass is 16.2. The van der Waals surface area contributed by atoms with E-state index in [1.165, 1.54) is 0 Å². The van der Waals surface area contributed by atoms with Crippen molar-refractivity contribution in [2.24, 2.45) is 5.92 Å². The van der Waals surface area contributed by atoms with Gasteiger partial charge in [0.25, 0.3) is 5.91 Å². The van der Waals surface area contributed by atoms with Gasteiger partial charge in [0.05, 0.1) is 0 Å². The second-order valence-corrected chi connectivity index (χ2v) is 7.73. The molecule has 27 heavy (non-hydrogen) atoms. The fraction of sp³-hybridized carbons (Fsp3) is 0.455. The van der Waals surface area contributed by atoms with Crippen LogP contribution in [0.15, 0.2) is 42.5 Å². The SMILES string of the molecule is CC1CN(C(=O)C2CCN(C(=O)c3cccc4ccccc34)CC2)CCN1. The molecule has 1 unspecified atom stereocenters. The van der Waals surface area contributed by atoms with Crippen molar-refractivity contribution in [2.45, 2.75) is 25.8 Å². The van der Waals surface area contributed by atoms with Gasteiger partial charge < -0.3 is 15.1 Å². The van der Waals surface area contributed by atoms with Gasteiger partial charge in [-0.05, 0) is 36.6 Å². The van der Waals surface area contributed by atoms with Crippen molar-refractivity contribution < 1.29 is 9.59 Å². The fourth-order valence-electron chi connectivity index (χ4n) is 4.30. The van der Waals surface area contributed by atoms with Crippen molar-refractivity contribution >= 4 is 22.6 Å². The number of likely N-dealkylation sites (tertiary alicyclic amines) is 1. The number of nitrogens with zero attached hydrogens (tertiary/aromatic N) is 2. The number of amides is 2. The van der Waals surface area contributed by atoms with E-state index in [2.05, 4.69) is 12.2 Å². The third-order valence-electron chi connectivity index (χ3n) is 5.83. The van der Waals surface area contributed by atoms with Gasteiger partial charge in [-0.25, -0.2) is 0 Å². The number of benzene rings is 2. The van der Waals surface area contributed by atoms with E-state index in [4.69, 9.17) is 0 Å². The van der Waals surface area contributed by atoms with Gasteiger partial charge in [0.1, 0.15) is 0 Å². The molecule has 0 saturated carbocycles. The normalized spacial score (nSPS) is 21.4. The van der Waals surface area contributed by atoms with E-state index in [0.29, 0.717) is 19.1 Å². The van der Waals surface area contributed by atoms with Crippen LogP contribution >= 0.6 is 0 Å². The molecule has 2 aliphatic rings. The first-order chi connectivity index (χ1) is 13.1. The van der Waals surface area contributed by atoms with Crippen molar-refractivity contribution in [3.05, 3.63) is 48.0 Å². The number of rotatable bonds is 2. The Bertz CT molecular complexity index is 837. The van der Waals surface area contributed by atoms with Crippen molar-refractivity contribution in [3.63, 3.8) is 0 Å². The Kier molecular flexibility index (Phi) is 5.12. The second-order valence-electron chi connectivity index (χ2n) is 7.73. The first-order valence-electron chi connectivity index (χ1n) is 9.92. The molecular formula is C22H27N3O2. The van der Waals surface area contributed by atoms with Gasteiger partial charge >= 0.3 is 0 Å². The average Bonchev–Trinajstić information content (AvgIpc) is 2.72. The summed E-state index contributed by atoms with van der Waals surface area (Å²) in [4.78, 5) is 29.8. The van der Waals surface area contributed by atoms with Crippen LogP contribution in [-0.4, -0.2) is 60.4 Å². The predicted octanol–water partition coefficient (Wildman–Crippen LogP) is 2.51. The van der Waals surface area contributed by atoms with Gasteiger partial charge in [-0.15, -0.1) is 0 Å². The van der Waals surface area contributed by atoms with Gasteiger partial charge in [-0.3, -0.25) is 9.59 Å². The van der Waals surface area contributed by atoms with Crippen molar-refractivity contribution in [1.29, 1.82) is 0 Å². The number of piperidine rings is 1. The maximum atomic E-state index is 13.1. The van der Waals surface area contributed by atoms with E-state index >= 15 is 0 Å². The zero-order valence-corrected chi connectivity index (χ0v) is 15.9. The van der Waals surface area contributed by atoms with Gasteiger partial charge in [-0.2, -0.15) is 0 Å². The topological polar surface area (TPSA) is 52.7 Å². The van der Waals surface area contributed by atoms with Crippen molar-refractivity contribution in [3.8, 4) is 0 Å². The summed E-state index contributed by atoms with van der Waals surface area (Å²) in [5.74, 6) is 0.390. The van der Waals surface area contributed by atoms with Crippen LogP contribution in [0.4, 0.5) is 0 Å². The van der Waals surface area contributed by atoms with E-state index in [1.807, 2.05) is 52.3 Å². The molecule has 2 saturated heterocycles. The summed E-state index contributed by atoms with van der Waals surface area (Å²) in [6.07, 6.45) is 1.52. The van der Waals surface area contributed by atoms with Gasteiger partial charge in [0, 0.05) is 50.2 Å². The number of carbonyl (C=O) groups is 2. The minimum atomic E-state index is 0.0480. The summed E-state index contributed by atoms with van der Waals surface area (Å²) in [7, 11) is 0. The molecule has 4 rings (SSSR count). The van der Waals surface area contributed by atoms with Crippen LogP contribution in [-0.2, 0) is 4.79 Å². The molecule has 2 aromatic rings. The molecule has 0 spiro atoms. The molecule has 1 atom stereocenters. The minimum Gasteiger partial charge on any atom is -0.340 e. The van der Waals surface area contributed by atoms with Crippen LogP contribution in [0.25, 0.3) is 10.8 Å². The molecule has 142 valence electrons. The number of carbonyl (C=O) groups excluding carboxylic acids is 2. The molecule has 0 radical (unpaired) electrons. The Labute approximate surface area is 160 Å². The van der Waals surface area contributed by atoms with Gasteiger partial charge in [0.2, 0.25) is 5.91 Å². The third kappa shape index (κ3) is 3.69. The van der Waals surface area contributed by atoms with Crippen LogP contribution in [0, 0.1) is 5.92 Å². The predicted molar refractivity (Wildman–Crippen MR) is 107 cm³/mol. The van der Waals surface area contributed by atoms with Crippen LogP contribution in [0.3, 0.4) is 0 Å². The highest BCUT2D eigenvalue weighted by Gasteiger charge is 2.32.